The highest BCUT2D eigenvalue weighted by atomic mass is 32.2. The monoisotopic (exact) mass is 1380 g/mol. The highest BCUT2D eigenvalue weighted by Crippen LogP contribution is 2.56. The van der Waals surface area contributed by atoms with Gasteiger partial charge >= 0.3 is 0 Å². The average molecular weight is 1380 g/mol. The molecule has 2 aliphatic heterocycles. The Bertz CT molecular complexity index is 4120. The van der Waals surface area contributed by atoms with Crippen LogP contribution < -0.4 is 42.1 Å². The summed E-state index contributed by atoms with van der Waals surface area (Å²) in [6.07, 6.45) is 16.9. The van der Waals surface area contributed by atoms with Crippen LogP contribution in [-0.4, -0.2) is 125 Å². The van der Waals surface area contributed by atoms with Gasteiger partial charge in [-0.1, -0.05) is 98.3 Å². The second-order valence-corrected chi connectivity index (χ2v) is 32.5. The second-order valence-electron chi connectivity index (χ2n) is 26.1. The van der Waals surface area contributed by atoms with Crippen molar-refractivity contribution in [3.63, 3.8) is 0 Å². The number of benzene rings is 5. The van der Waals surface area contributed by atoms with Gasteiger partial charge in [0.1, 0.15) is 53.5 Å². The van der Waals surface area contributed by atoms with E-state index in [4.69, 9.17) is 0 Å². The van der Waals surface area contributed by atoms with E-state index in [0.29, 0.717) is 70.3 Å². The maximum absolute atomic E-state index is 14.0. The van der Waals surface area contributed by atoms with Crippen LogP contribution in [0.5, 0.6) is 0 Å². The lowest BCUT2D eigenvalue weighted by Crippen LogP contribution is -2.46. The van der Waals surface area contributed by atoms with Gasteiger partial charge in [-0.15, -0.1) is 5.10 Å². The number of carbonyl (C=O) groups excluding carboxylic acids is 6. The van der Waals surface area contributed by atoms with Crippen LogP contribution in [0.4, 0.5) is 11.4 Å². The summed E-state index contributed by atoms with van der Waals surface area (Å²) in [5.41, 5.74) is 4.23. The van der Waals surface area contributed by atoms with E-state index in [-0.39, 0.29) is 84.3 Å². The van der Waals surface area contributed by atoms with E-state index in [1.807, 2.05) is 124 Å². The molecule has 97 heavy (non-hydrogen) atoms. The van der Waals surface area contributed by atoms with Crippen molar-refractivity contribution >= 4 is 95.7 Å². The molecule has 3 aliphatic rings. The number of nitrogens with one attached hydrogen (secondary N) is 4. The Hall–Kier alpha value is -8.60. The van der Waals surface area contributed by atoms with Crippen molar-refractivity contribution in [2.75, 3.05) is 37.7 Å². The minimum absolute atomic E-state index is 0.0379. The van der Waals surface area contributed by atoms with Crippen molar-refractivity contribution in [2.24, 2.45) is 5.92 Å². The van der Waals surface area contributed by atoms with Gasteiger partial charge in [-0.05, 0) is 137 Å². The van der Waals surface area contributed by atoms with Crippen LogP contribution in [0.3, 0.4) is 0 Å². The fraction of sp³-hybridized carbons (Fsp3) is 0.384. The van der Waals surface area contributed by atoms with E-state index < -0.39 is 56.2 Å². The quantitative estimate of drug-likeness (QED) is 0.00577. The number of anilines is 1. The van der Waals surface area contributed by atoms with Crippen LogP contribution >= 0.6 is 7.26 Å². The predicted octanol–water partition coefficient (Wildman–Crippen LogP) is 8.44. The van der Waals surface area contributed by atoms with E-state index in [1.54, 1.807) is 23.0 Å². The summed E-state index contributed by atoms with van der Waals surface area (Å²) < 4.78 is 71.7. The van der Waals surface area contributed by atoms with E-state index in [0.717, 1.165) is 46.5 Å². The Kier molecular flexibility index (Phi) is 24.1. The Labute approximate surface area is 569 Å². The zero-order valence-electron chi connectivity index (χ0n) is 55.7. The van der Waals surface area contributed by atoms with Crippen LogP contribution in [0.15, 0.2) is 179 Å². The van der Waals surface area contributed by atoms with E-state index in [2.05, 4.69) is 72.9 Å². The van der Waals surface area contributed by atoms with E-state index in [1.165, 1.54) is 40.2 Å². The minimum atomic E-state index is -4.47. The third kappa shape index (κ3) is 18.2. The molecule has 1 saturated carbocycles. The SMILES string of the molecule is C[N+]1=C(/C=C/C=C/C=C2/N(CCCCCC(=O)NCCCn3cc(CNC(=O)[C@H](CCCCNC(=O)C4CC(=O)CC(=O)C4)NC(=O)CCC[P+](c4ccccc4)(c4ccccc4)c4ccccc4)nn3)c3ccc(S(=O)(=O)O)cc3C2(C)C)C(C)(C)c2cc(S(=O)(=O)O)ccc21. The van der Waals surface area contributed by atoms with Gasteiger partial charge in [0.2, 0.25) is 29.3 Å². The first kappa shape index (κ1) is 72.7. The van der Waals surface area contributed by atoms with Crippen molar-refractivity contribution in [2.45, 2.75) is 151 Å². The molecule has 0 unspecified atom stereocenters. The zero-order valence-corrected chi connectivity index (χ0v) is 58.2. The lowest BCUT2D eigenvalue weighted by atomic mass is 9.81. The molecule has 0 saturated heterocycles. The van der Waals surface area contributed by atoms with Gasteiger partial charge in [0.05, 0.1) is 46.4 Å². The first-order chi connectivity index (χ1) is 46.3. The number of aryl methyl sites for hydroxylation is 1. The van der Waals surface area contributed by atoms with Gasteiger partial charge in [-0.3, -0.25) is 42.6 Å². The van der Waals surface area contributed by atoms with Gasteiger partial charge < -0.3 is 26.2 Å². The number of nitrogens with zero attached hydrogens (tertiary/aromatic N) is 5. The first-order valence-electron chi connectivity index (χ1n) is 33.0. The molecule has 4 amide bonds. The van der Waals surface area contributed by atoms with Crippen LogP contribution in [-0.2, 0) is 72.9 Å². The van der Waals surface area contributed by atoms with Crippen LogP contribution in [0.2, 0.25) is 0 Å². The number of unbranched alkanes of at least 4 members (excludes halogenated alkanes) is 3. The van der Waals surface area contributed by atoms with Gasteiger partial charge in [0.15, 0.2) is 5.71 Å². The molecule has 512 valence electrons. The largest absolute Gasteiger partial charge is 0.356 e. The maximum Gasteiger partial charge on any atom is 0.294 e. The molecule has 3 heterocycles. The number of Topliss-reactive ketones (excluding diaryl/α,β-unsaturated/α-hetero) is 2. The number of allylic oxidation sites excluding steroid dienone is 6. The fourth-order valence-electron chi connectivity index (χ4n) is 13.4. The summed E-state index contributed by atoms with van der Waals surface area (Å²) in [6, 6.07) is 39.6. The molecule has 0 spiro atoms. The first-order valence-corrected chi connectivity index (χ1v) is 37.9. The van der Waals surface area contributed by atoms with Crippen molar-refractivity contribution in [1.29, 1.82) is 0 Å². The lowest BCUT2D eigenvalue weighted by molar-refractivity contribution is -0.401. The molecule has 5 aromatic carbocycles. The summed E-state index contributed by atoms with van der Waals surface area (Å²) in [5, 5.41) is 23.9. The van der Waals surface area contributed by atoms with Crippen molar-refractivity contribution in [1.82, 2.24) is 36.3 Å². The second kappa shape index (κ2) is 32.2. The molecule has 0 radical (unpaired) electrons. The molecule has 0 bridgehead atoms. The summed E-state index contributed by atoms with van der Waals surface area (Å²) >= 11 is 0. The topological polar surface area (TPSA) is 296 Å². The molecule has 1 aromatic heterocycles. The van der Waals surface area contributed by atoms with Crippen LogP contribution in [0, 0.1) is 5.92 Å². The number of rotatable bonds is 32. The van der Waals surface area contributed by atoms with Crippen LogP contribution in [0.25, 0.3) is 0 Å². The number of hydrogen-bond donors (Lipinski definition) is 6. The Morgan fingerprint density at radius 3 is 1.89 bits per heavy atom. The molecule has 1 aliphatic carbocycles. The van der Waals surface area contributed by atoms with Gasteiger partial charge in [-0.25, -0.2) is 0 Å². The Morgan fingerprint density at radius 1 is 0.660 bits per heavy atom. The number of amides is 4. The van der Waals surface area contributed by atoms with Gasteiger partial charge in [0, 0.05) is 86.4 Å². The molecule has 6 N–H and O–H groups in total. The van der Waals surface area contributed by atoms with Crippen molar-refractivity contribution in [3.8, 4) is 0 Å². The number of aromatic nitrogens is 3. The molecule has 9 rings (SSSR count). The molecular formula is C73H88N9O12PS2+2. The molecule has 21 nitrogen and oxygen atoms in total. The van der Waals surface area contributed by atoms with Crippen molar-refractivity contribution in [3.05, 3.63) is 186 Å². The molecule has 24 heteroatoms. The molecule has 1 atom stereocenters. The zero-order chi connectivity index (χ0) is 69.5. The Balaban J connectivity index is 0.745. The van der Waals surface area contributed by atoms with Gasteiger partial charge in [-0.2, -0.15) is 21.4 Å². The highest BCUT2D eigenvalue weighted by Gasteiger charge is 2.46. The summed E-state index contributed by atoms with van der Waals surface area (Å²) in [7, 11) is -9.17. The minimum Gasteiger partial charge on any atom is -0.356 e. The smallest absolute Gasteiger partial charge is 0.294 e. The standard InChI is InChI=1S/C73H86N9O12PS2/c1-72(2)61-48-59(96(89,90)91)36-38-64(61)80(5)66(72)32-17-9-18-33-67-73(3,4)62-49-60(97(92,93)94)37-39-65(62)82(67)43-22-10-19-34-68(85)74-41-24-42-81-51-53(78-79-81)50-76-71(88)63(31-20-21-40-75-70(87)52-45-54(83)47-55(84)46-52)77-69(86)35-23-44-95(56-25-11-6-12-26-56,57-27-13-7-14-28-57)58-29-15-8-16-30-58/h6-9,11-18,25-30,32-33,36-39,48-49,51-52,63H,10,19-24,31,34-35,40-47,50H2,1-5H3,(H4-2,74,75,76,77,85,86,87,88,89,90,91,92,93,94)/p+2/t63-/m0/s1. The summed E-state index contributed by atoms with van der Waals surface area (Å²) in [5.74, 6) is -2.27. The number of carbonyl (C=O) groups is 6. The van der Waals surface area contributed by atoms with Gasteiger partial charge in [0.25, 0.3) is 20.2 Å². The number of hydrogen-bond acceptors (Lipinski definition) is 13. The number of ketones is 2. The normalized spacial score (nSPS) is 16.2. The Morgan fingerprint density at radius 2 is 1.26 bits per heavy atom. The average Bonchev–Trinajstić information content (AvgIpc) is 1.62. The van der Waals surface area contributed by atoms with E-state index in [9.17, 15) is 54.7 Å². The van der Waals surface area contributed by atoms with Crippen LogP contribution in [0.1, 0.15) is 128 Å². The third-order valence-corrected chi connectivity index (χ3v) is 24.7. The summed E-state index contributed by atoms with van der Waals surface area (Å²) in [6.45, 7) is 9.69. The predicted molar refractivity (Wildman–Crippen MR) is 376 cm³/mol. The lowest BCUT2D eigenvalue weighted by Gasteiger charge is -2.27. The molecule has 6 aromatic rings. The third-order valence-electron chi connectivity index (χ3n) is 18.5. The molecular weight excluding hydrogens is 1290 g/mol. The van der Waals surface area contributed by atoms with E-state index >= 15 is 0 Å². The van der Waals surface area contributed by atoms with Crippen molar-refractivity contribution < 1.29 is 59.3 Å². The maximum atomic E-state index is 14.0. The highest BCUT2D eigenvalue weighted by molar-refractivity contribution is 7.95. The molecule has 1 fully saturated rings. The summed E-state index contributed by atoms with van der Waals surface area (Å²) in [4.78, 5) is 79.7. The fourth-order valence-corrected chi connectivity index (χ4v) is 18.8. The number of fused-ring (bicyclic) bond motifs is 2.